The van der Waals surface area contributed by atoms with Crippen molar-refractivity contribution in [3.63, 3.8) is 0 Å². The number of hydrogen-bond donors (Lipinski definition) is 1. The van der Waals surface area contributed by atoms with Gasteiger partial charge in [0.05, 0.1) is 12.7 Å². The summed E-state index contributed by atoms with van der Waals surface area (Å²) in [6.45, 7) is 6.33. The highest BCUT2D eigenvalue weighted by Crippen LogP contribution is 2.18. The third kappa shape index (κ3) is 3.56. The first-order valence-corrected chi connectivity index (χ1v) is 6.14. The molecule has 94 valence electrons. The Morgan fingerprint density at radius 3 is 2.94 bits per heavy atom. The average Bonchev–Trinajstić information content (AvgIpc) is 2.30. The zero-order chi connectivity index (χ0) is 12.1. The molecule has 2 heterocycles. The fourth-order valence-corrected chi connectivity index (χ4v) is 1.89. The van der Waals surface area contributed by atoms with E-state index in [2.05, 4.69) is 15.3 Å². The van der Waals surface area contributed by atoms with Crippen molar-refractivity contribution >= 4 is 0 Å². The first-order chi connectivity index (χ1) is 8.28. The van der Waals surface area contributed by atoms with Gasteiger partial charge in [0.2, 0.25) is 11.8 Å². The van der Waals surface area contributed by atoms with Crippen LogP contribution in [0.2, 0.25) is 0 Å². The maximum Gasteiger partial charge on any atom is 0.220 e. The summed E-state index contributed by atoms with van der Waals surface area (Å²) in [6.07, 6.45) is 2.42. The van der Waals surface area contributed by atoms with Crippen LogP contribution in [0.15, 0.2) is 6.07 Å². The largest absolute Gasteiger partial charge is 0.478 e. The van der Waals surface area contributed by atoms with Gasteiger partial charge in [0.25, 0.3) is 0 Å². The third-order valence-corrected chi connectivity index (χ3v) is 2.62. The number of piperidine rings is 1. The molecule has 0 radical (unpaired) electrons. The number of nitrogens with one attached hydrogen (secondary N) is 1. The zero-order valence-electron chi connectivity index (χ0n) is 10.4. The van der Waals surface area contributed by atoms with Gasteiger partial charge in [-0.25, -0.2) is 0 Å². The SMILES string of the molecule is CCOc1cc(OC2CCCNC2)nc(C)n1. The summed E-state index contributed by atoms with van der Waals surface area (Å²) in [4.78, 5) is 8.46. The fraction of sp³-hybridized carbons (Fsp3) is 0.667. The van der Waals surface area contributed by atoms with Gasteiger partial charge in [0.15, 0.2) is 0 Å². The summed E-state index contributed by atoms with van der Waals surface area (Å²) in [5.41, 5.74) is 0. The molecule has 0 saturated carbocycles. The predicted octanol–water partition coefficient (Wildman–Crippen LogP) is 1.31. The van der Waals surface area contributed by atoms with Crippen molar-refractivity contribution in [3.8, 4) is 11.8 Å². The number of aromatic nitrogens is 2. The van der Waals surface area contributed by atoms with Gasteiger partial charge in [-0.3, -0.25) is 0 Å². The van der Waals surface area contributed by atoms with Crippen LogP contribution < -0.4 is 14.8 Å². The molecule has 1 aliphatic heterocycles. The molecule has 1 saturated heterocycles. The van der Waals surface area contributed by atoms with Gasteiger partial charge >= 0.3 is 0 Å². The molecule has 17 heavy (non-hydrogen) atoms. The second-order valence-electron chi connectivity index (χ2n) is 4.11. The molecule has 1 fully saturated rings. The molecule has 0 amide bonds. The van der Waals surface area contributed by atoms with Crippen LogP contribution in [0, 0.1) is 6.92 Å². The van der Waals surface area contributed by atoms with Crippen molar-refractivity contribution in [3.05, 3.63) is 11.9 Å². The van der Waals surface area contributed by atoms with E-state index < -0.39 is 0 Å². The summed E-state index contributed by atoms with van der Waals surface area (Å²) < 4.78 is 11.2. The average molecular weight is 237 g/mol. The van der Waals surface area contributed by atoms with E-state index in [4.69, 9.17) is 9.47 Å². The standard InChI is InChI=1S/C12H19N3O2/c1-3-16-11-7-12(15-9(2)14-11)17-10-5-4-6-13-8-10/h7,10,13H,3-6,8H2,1-2H3. The topological polar surface area (TPSA) is 56.3 Å². The third-order valence-electron chi connectivity index (χ3n) is 2.62. The van der Waals surface area contributed by atoms with Crippen LogP contribution in [-0.4, -0.2) is 35.8 Å². The Hall–Kier alpha value is -1.36. The van der Waals surface area contributed by atoms with Crippen molar-refractivity contribution < 1.29 is 9.47 Å². The molecule has 0 spiro atoms. The lowest BCUT2D eigenvalue weighted by Gasteiger charge is -2.23. The van der Waals surface area contributed by atoms with Crippen LogP contribution in [0.4, 0.5) is 0 Å². The van der Waals surface area contributed by atoms with Gasteiger partial charge in [-0.1, -0.05) is 0 Å². The molecule has 2 rings (SSSR count). The van der Waals surface area contributed by atoms with Crippen molar-refractivity contribution in [2.75, 3.05) is 19.7 Å². The summed E-state index contributed by atoms with van der Waals surface area (Å²) in [6, 6.07) is 1.76. The lowest BCUT2D eigenvalue weighted by molar-refractivity contribution is 0.159. The normalized spacial score (nSPS) is 20.0. The number of nitrogens with zero attached hydrogens (tertiary/aromatic N) is 2. The van der Waals surface area contributed by atoms with E-state index in [1.807, 2.05) is 13.8 Å². The Bertz CT molecular complexity index is 365. The van der Waals surface area contributed by atoms with E-state index in [0.29, 0.717) is 24.2 Å². The van der Waals surface area contributed by atoms with Gasteiger partial charge in [-0.05, 0) is 33.2 Å². The van der Waals surface area contributed by atoms with Crippen molar-refractivity contribution in [2.45, 2.75) is 32.8 Å². The first kappa shape index (κ1) is 12.1. The van der Waals surface area contributed by atoms with Crippen molar-refractivity contribution in [1.29, 1.82) is 0 Å². The smallest absolute Gasteiger partial charge is 0.220 e. The predicted molar refractivity (Wildman–Crippen MR) is 64.5 cm³/mol. The quantitative estimate of drug-likeness (QED) is 0.855. The van der Waals surface area contributed by atoms with Crippen LogP contribution >= 0.6 is 0 Å². The molecule has 1 aromatic heterocycles. The maximum atomic E-state index is 5.83. The minimum Gasteiger partial charge on any atom is -0.478 e. The monoisotopic (exact) mass is 237 g/mol. The van der Waals surface area contributed by atoms with E-state index in [1.54, 1.807) is 6.07 Å². The number of ether oxygens (including phenoxy) is 2. The Balaban J connectivity index is 2.03. The summed E-state index contributed by atoms with van der Waals surface area (Å²) >= 11 is 0. The van der Waals surface area contributed by atoms with Crippen LogP contribution in [0.3, 0.4) is 0 Å². The summed E-state index contributed by atoms with van der Waals surface area (Å²) in [5.74, 6) is 1.86. The van der Waals surface area contributed by atoms with Crippen LogP contribution in [0.5, 0.6) is 11.8 Å². The number of hydrogen-bond acceptors (Lipinski definition) is 5. The molecule has 0 bridgehead atoms. The molecular formula is C12H19N3O2. The van der Waals surface area contributed by atoms with Gasteiger partial charge in [-0.15, -0.1) is 0 Å². The van der Waals surface area contributed by atoms with E-state index in [0.717, 1.165) is 25.9 Å². The molecule has 1 N–H and O–H groups in total. The Kier molecular flexibility index (Phi) is 4.14. The summed E-state index contributed by atoms with van der Waals surface area (Å²) in [7, 11) is 0. The van der Waals surface area contributed by atoms with Gasteiger partial charge in [0, 0.05) is 6.54 Å². The lowest BCUT2D eigenvalue weighted by Crippen LogP contribution is -2.37. The Morgan fingerprint density at radius 1 is 1.41 bits per heavy atom. The van der Waals surface area contributed by atoms with Gasteiger partial charge in [-0.2, -0.15) is 9.97 Å². The number of rotatable bonds is 4. The van der Waals surface area contributed by atoms with Gasteiger partial charge < -0.3 is 14.8 Å². The van der Waals surface area contributed by atoms with Crippen molar-refractivity contribution in [2.24, 2.45) is 0 Å². The highest BCUT2D eigenvalue weighted by atomic mass is 16.5. The minimum absolute atomic E-state index is 0.201. The van der Waals surface area contributed by atoms with Crippen molar-refractivity contribution in [1.82, 2.24) is 15.3 Å². The van der Waals surface area contributed by atoms with E-state index in [9.17, 15) is 0 Å². The van der Waals surface area contributed by atoms with E-state index in [1.165, 1.54) is 0 Å². The van der Waals surface area contributed by atoms with Crippen LogP contribution in [0.25, 0.3) is 0 Å². The first-order valence-electron chi connectivity index (χ1n) is 6.14. The molecule has 0 aliphatic carbocycles. The fourth-order valence-electron chi connectivity index (χ4n) is 1.89. The molecular weight excluding hydrogens is 218 g/mol. The molecule has 1 aliphatic rings. The number of aryl methyl sites for hydroxylation is 1. The molecule has 1 unspecified atom stereocenters. The van der Waals surface area contributed by atoms with Gasteiger partial charge in [0.1, 0.15) is 11.9 Å². The van der Waals surface area contributed by atoms with Crippen LogP contribution in [-0.2, 0) is 0 Å². The minimum atomic E-state index is 0.201. The zero-order valence-corrected chi connectivity index (χ0v) is 10.4. The van der Waals surface area contributed by atoms with Crippen LogP contribution in [0.1, 0.15) is 25.6 Å². The molecule has 0 aromatic carbocycles. The Morgan fingerprint density at radius 2 is 2.24 bits per heavy atom. The maximum absolute atomic E-state index is 5.83. The second kappa shape index (κ2) is 5.82. The molecule has 5 nitrogen and oxygen atoms in total. The van der Waals surface area contributed by atoms with E-state index >= 15 is 0 Å². The highest BCUT2D eigenvalue weighted by Gasteiger charge is 2.15. The molecule has 1 atom stereocenters. The summed E-state index contributed by atoms with van der Waals surface area (Å²) in [5, 5.41) is 3.31. The second-order valence-corrected chi connectivity index (χ2v) is 4.11. The highest BCUT2D eigenvalue weighted by molar-refractivity contribution is 5.21. The Labute approximate surface area is 102 Å². The van der Waals surface area contributed by atoms with E-state index in [-0.39, 0.29) is 6.10 Å². The molecule has 5 heteroatoms. The lowest BCUT2D eigenvalue weighted by atomic mass is 10.1. The molecule has 1 aromatic rings.